The van der Waals surface area contributed by atoms with E-state index in [9.17, 15) is 0 Å². The summed E-state index contributed by atoms with van der Waals surface area (Å²) in [5.41, 5.74) is 3.64. The van der Waals surface area contributed by atoms with Gasteiger partial charge >= 0.3 is 0 Å². The normalized spacial score (nSPS) is 18.1. The lowest BCUT2D eigenvalue weighted by molar-refractivity contribution is 0.102. The Bertz CT molecular complexity index is 757. The van der Waals surface area contributed by atoms with Gasteiger partial charge in [-0.1, -0.05) is 42.5 Å². The monoisotopic (exact) mass is 292 g/mol. The molecule has 112 valence electrons. The van der Waals surface area contributed by atoms with Crippen molar-refractivity contribution in [3.05, 3.63) is 66.0 Å². The maximum absolute atomic E-state index is 5.88. The van der Waals surface area contributed by atoms with E-state index in [1.54, 1.807) is 0 Å². The molecule has 1 aliphatic heterocycles. The molecule has 0 unspecified atom stereocenters. The van der Waals surface area contributed by atoms with Crippen LogP contribution >= 0.6 is 0 Å². The van der Waals surface area contributed by atoms with E-state index in [0.29, 0.717) is 0 Å². The molecule has 0 amide bonds. The molecule has 0 bridgehead atoms. The van der Waals surface area contributed by atoms with Gasteiger partial charge in [-0.05, 0) is 37.0 Å². The molecule has 1 atom stereocenters. The maximum Gasteiger partial charge on any atom is 0.139 e. The summed E-state index contributed by atoms with van der Waals surface area (Å²) >= 11 is 0. The van der Waals surface area contributed by atoms with Crippen LogP contribution in [0.3, 0.4) is 0 Å². The molecule has 1 aromatic heterocycles. The van der Waals surface area contributed by atoms with Crippen molar-refractivity contribution < 1.29 is 4.74 Å². The summed E-state index contributed by atoms with van der Waals surface area (Å²) in [6.07, 6.45) is 3.38. The second kappa shape index (κ2) is 5.93. The van der Waals surface area contributed by atoms with E-state index in [1.807, 2.05) is 0 Å². The number of fused-ring (bicyclic) bond motifs is 1. The first-order valence-electron chi connectivity index (χ1n) is 8.02. The maximum atomic E-state index is 5.88. The smallest absolute Gasteiger partial charge is 0.139 e. The van der Waals surface area contributed by atoms with Crippen molar-refractivity contribution in [1.82, 2.24) is 9.55 Å². The van der Waals surface area contributed by atoms with Crippen molar-refractivity contribution in [1.29, 1.82) is 0 Å². The van der Waals surface area contributed by atoms with Crippen molar-refractivity contribution in [2.75, 3.05) is 6.61 Å². The zero-order chi connectivity index (χ0) is 14.8. The Labute approximate surface area is 130 Å². The Balaban J connectivity index is 1.69. The molecule has 3 heteroatoms. The van der Waals surface area contributed by atoms with Crippen molar-refractivity contribution in [2.24, 2.45) is 0 Å². The summed E-state index contributed by atoms with van der Waals surface area (Å²) in [6, 6.07) is 19.0. The summed E-state index contributed by atoms with van der Waals surface area (Å²) in [4.78, 5) is 4.84. The minimum Gasteiger partial charge on any atom is -0.370 e. The van der Waals surface area contributed by atoms with Gasteiger partial charge in [0.05, 0.1) is 11.0 Å². The summed E-state index contributed by atoms with van der Waals surface area (Å²) in [6.45, 7) is 1.80. The molecule has 3 aromatic rings. The van der Waals surface area contributed by atoms with Gasteiger partial charge in [0.25, 0.3) is 0 Å². The highest BCUT2D eigenvalue weighted by Gasteiger charge is 2.24. The molecular weight excluding hydrogens is 272 g/mol. The number of imidazole rings is 1. The molecule has 0 saturated carbocycles. The van der Waals surface area contributed by atoms with E-state index in [0.717, 1.165) is 43.8 Å². The van der Waals surface area contributed by atoms with Gasteiger partial charge in [-0.2, -0.15) is 0 Å². The van der Waals surface area contributed by atoms with Crippen LogP contribution in [0.1, 0.15) is 30.3 Å². The van der Waals surface area contributed by atoms with Gasteiger partial charge in [-0.25, -0.2) is 4.98 Å². The van der Waals surface area contributed by atoms with Crippen LogP contribution in [0.15, 0.2) is 54.6 Å². The number of nitrogens with zero attached hydrogens (tertiary/aromatic N) is 2. The van der Waals surface area contributed by atoms with Crippen molar-refractivity contribution in [3.8, 4) is 0 Å². The molecule has 1 aliphatic rings. The van der Waals surface area contributed by atoms with Crippen molar-refractivity contribution in [3.63, 3.8) is 0 Å². The predicted molar refractivity (Wildman–Crippen MR) is 87.8 cm³/mol. The number of benzene rings is 2. The lowest BCUT2D eigenvalue weighted by atomic mass is 10.1. The number of rotatable bonds is 4. The van der Waals surface area contributed by atoms with Crippen LogP contribution in [0, 0.1) is 0 Å². The number of aryl methyl sites for hydroxylation is 2. The summed E-state index contributed by atoms with van der Waals surface area (Å²) in [5, 5.41) is 0. The molecule has 22 heavy (non-hydrogen) atoms. The molecule has 0 N–H and O–H groups in total. The SMILES string of the molecule is c1ccc(CCn2c([C@H]3CCCO3)nc3ccccc32)cc1. The third-order valence-corrected chi connectivity index (χ3v) is 4.37. The molecule has 2 aromatic carbocycles. The van der Waals surface area contributed by atoms with E-state index >= 15 is 0 Å². The Kier molecular flexibility index (Phi) is 3.65. The largest absolute Gasteiger partial charge is 0.370 e. The second-order valence-electron chi connectivity index (χ2n) is 5.85. The number of hydrogen-bond acceptors (Lipinski definition) is 2. The zero-order valence-electron chi connectivity index (χ0n) is 12.6. The summed E-state index contributed by atoms with van der Waals surface area (Å²) in [7, 11) is 0. The minimum atomic E-state index is 0.156. The molecule has 0 radical (unpaired) electrons. The Morgan fingerprint density at radius 1 is 1.05 bits per heavy atom. The number of hydrogen-bond donors (Lipinski definition) is 0. The fourth-order valence-electron chi connectivity index (χ4n) is 3.24. The van der Waals surface area contributed by atoms with Crippen LogP contribution in [0.4, 0.5) is 0 Å². The Morgan fingerprint density at radius 3 is 2.68 bits per heavy atom. The van der Waals surface area contributed by atoms with Crippen LogP contribution in [0.5, 0.6) is 0 Å². The summed E-state index contributed by atoms with van der Waals surface area (Å²) < 4.78 is 8.22. The van der Waals surface area contributed by atoms with Gasteiger partial charge in [-0.15, -0.1) is 0 Å². The molecule has 0 spiro atoms. The highest BCUT2D eigenvalue weighted by Crippen LogP contribution is 2.30. The van der Waals surface area contributed by atoms with E-state index in [1.165, 1.54) is 11.1 Å². The Hall–Kier alpha value is -2.13. The number of para-hydroxylation sites is 2. The quantitative estimate of drug-likeness (QED) is 0.723. The third-order valence-electron chi connectivity index (χ3n) is 4.37. The first kappa shape index (κ1) is 13.5. The highest BCUT2D eigenvalue weighted by molar-refractivity contribution is 5.76. The van der Waals surface area contributed by atoms with Crippen LogP contribution in [-0.2, 0) is 17.7 Å². The number of aromatic nitrogens is 2. The van der Waals surface area contributed by atoms with Gasteiger partial charge in [0.2, 0.25) is 0 Å². The van der Waals surface area contributed by atoms with E-state index in [-0.39, 0.29) is 6.10 Å². The highest BCUT2D eigenvalue weighted by atomic mass is 16.5. The molecule has 3 nitrogen and oxygen atoms in total. The first-order chi connectivity index (χ1) is 10.9. The minimum absolute atomic E-state index is 0.156. The fraction of sp³-hybridized carbons (Fsp3) is 0.316. The molecule has 0 aliphatic carbocycles. The molecule has 1 fully saturated rings. The first-order valence-corrected chi connectivity index (χ1v) is 8.02. The molecule has 1 saturated heterocycles. The van der Waals surface area contributed by atoms with Gasteiger partial charge in [0, 0.05) is 13.2 Å². The molecule has 2 heterocycles. The lowest BCUT2D eigenvalue weighted by Crippen LogP contribution is -2.10. The van der Waals surface area contributed by atoms with Crippen molar-refractivity contribution in [2.45, 2.75) is 31.9 Å². The van der Waals surface area contributed by atoms with Crippen LogP contribution in [-0.4, -0.2) is 16.2 Å². The molecule has 4 rings (SSSR count). The standard InChI is InChI=1S/C19H20N2O/c1-2-7-15(8-3-1)12-13-21-17-10-5-4-9-16(17)20-19(21)18-11-6-14-22-18/h1-5,7-10,18H,6,11-14H2/t18-/m1/s1. The van der Waals surface area contributed by atoms with Gasteiger partial charge in [0.1, 0.15) is 11.9 Å². The lowest BCUT2D eigenvalue weighted by Gasteiger charge is -2.13. The van der Waals surface area contributed by atoms with Crippen LogP contribution in [0.25, 0.3) is 11.0 Å². The van der Waals surface area contributed by atoms with E-state index in [4.69, 9.17) is 9.72 Å². The predicted octanol–water partition coefficient (Wildman–Crippen LogP) is 4.13. The van der Waals surface area contributed by atoms with E-state index < -0.39 is 0 Å². The molecular formula is C19H20N2O. The average molecular weight is 292 g/mol. The second-order valence-corrected chi connectivity index (χ2v) is 5.85. The fourth-order valence-corrected chi connectivity index (χ4v) is 3.24. The van der Waals surface area contributed by atoms with Crippen LogP contribution in [0.2, 0.25) is 0 Å². The van der Waals surface area contributed by atoms with Gasteiger partial charge in [-0.3, -0.25) is 0 Å². The van der Waals surface area contributed by atoms with Crippen LogP contribution < -0.4 is 0 Å². The average Bonchev–Trinajstić information content (AvgIpc) is 3.21. The van der Waals surface area contributed by atoms with Gasteiger partial charge in [0.15, 0.2) is 0 Å². The zero-order valence-corrected chi connectivity index (χ0v) is 12.6. The van der Waals surface area contributed by atoms with Crippen molar-refractivity contribution >= 4 is 11.0 Å². The third kappa shape index (κ3) is 2.53. The van der Waals surface area contributed by atoms with Gasteiger partial charge < -0.3 is 9.30 Å². The number of ether oxygens (including phenoxy) is 1. The Morgan fingerprint density at radius 2 is 1.86 bits per heavy atom. The summed E-state index contributed by atoms with van der Waals surface area (Å²) in [5.74, 6) is 1.09. The van der Waals surface area contributed by atoms with E-state index in [2.05, 4.69) is 59.2 Å². The topological polar surface area (TPSA) is 27.1 Å².